The van der Waals surface area contributed by atoms with Crippen molar-refractivity contribution in [1.82, 2.24) is 14.9 Å². The van der Waals surface area contributed by atoms with Crippen LogP contribution in [0.25, 0.3) is 0 Å². The predicted octanol–water partition coefficient (Wildman–Crippen LogP) is 2.36. The Morgan fingerprint density at radius 3 is 2.60 bits per heavy atom. The van der Waals surface area contributed by atoms with Crippen molar-refractivity contribution >= 4 is 0 Å². The van der Waals surface area contributed by atoms with Crippen LogP contribution in [-0.2, 0) is 6.54 Å². The topological polar surface area (TPSA) is 29.9 Å². The standard InChI is InChI=1S/C12H23N3/c1-11-13-8-10-15(11)9-6-5-7-14-12(2,3)4/h8,10,14H,5-7,9H2,1-4H3. The van der Waals surface area contributed by atoms with Gasteiger partial charge in [0.2, 0.25) is 0 Å². The fraction of sp³-hybridized carbons (Fsp3) is 0.750. The molecule has 1 N–H and O–H groups in total. The molecule has 1 heterocycles. The summed E-state index contributed by atoms with van der Waals surface area (Å²) in [5, 5.41) is 3.49. The summed E-state index contributed by atoms with van der Waals surface area (Å²) in [6, 6.07) is 0. The largest absolute Gasteiger partial charge is 0.335 e. The van der Waals surface area contributed by atoms with Crippen molar-refractivity contribution in [1.29, 1.82) is 0 Å². The van der Waals surface area contributed by atoms with E-state index in [4.69, 9.17) is 0 Å². The smallest absolute Gasteiger partial charge is 0.105 e. The van der Waals surface area contributed by atoms with Gasteiger partial charge in [0.15, 0.2) is 0 Å². The van der Waals surface area contributed by atoms with Gasteiger partial charge in [-0.2, -0.15) is 0 Å². The van der Waals surface area contributed by atoms with Crippen molar-refractivity contribution in [2.75, 3.05) is 6.54 Å². The quantitative estimate of drug-likeness (QED) is 0.754. The Labute approximate surface area is 92.9 Å². The Morgan fingerprint density at radius 2 is 2.07 bits per heavy atom. The van der Waals surface area contributed by atoms with Gasteiger partial charge in [0.25, 0.3) is 0 Å². The highest BCUT2D eigenvalue weighted by Gasteiger charge is 2.06. The predicted molar refractivity (Wildman–Crippen MR) is 64.0 cm³/mol. The molecule has 0 aliphatic heterocycles. The van der Waals surface area contributed by atoms with Gasteiger partial charge in [-0.1, -0.05) is 0 Å². The van der Waals surface area contributed by atoms with Crippen molar-refractivity contribution < 1.29 is 0 Å². The van der Waals surface area contributed by atoms with E-state index in [1.54, 1.807) is 0 Å². The second kappa shape index (κ2) is 5.31. The van der Waals surface area contributed by atoms with Crippen molar-refractivity contribution in [2.45, 2.75) is 52.6 Å². The fourth-order valence-corrected chi connectivity index (χ4v) is 1.51. The minimum atomic E-state index is 0.241. The van der Waals surface area contributed by atoms with Gasteiger partial charge in [-0.05, 0) is 47.1 Å². The first kappa shape index (κ1) is 12.2. The zero-order valence-electron chi connectivity index (χ0n) is 10.4. The third-order valence-corrected chi connectivity index (χ3v) is 2.40. The minimum Gasteiger partial charge on any atom is -0.335 e. The second-order valence-corrected chi connectivity index (χ2v) is 5.05. The van der Waals surface area contributed by atoms with Gasteiger partial charge >= 0.3 is 0 Å². The highest BCUT2D eigenvalue weighted by molar-refractivity contribution is 4.88. The molecule has 0 atom stereocenters. The Bertz CT molecular complexity index is 283. The van der Waals surface area contributed by atoms with Crippen LogP contribution in [0.2, 0.25) is 0 Å². The molecule has 0 aliphatic rings. The molecule has 0 saturated carbocycles. The van der Waals surface area contributed by atoms with Gasteiger partial charge in [0, 0.05) is 24.5 Å². The van der Waals surface area contributed by atoms with Crippen molar-refractivity contribution in [2.24, 2.45) is 0 Å². The molecule has 1 aromatic heterocycles. The van der Waals surface area contributed by atoms with Crippen LogP contribution < -0.4 is 5.32 Å². The molecular formula is C12H23N3. The van der Waals surface area contributed by atoms with E-state index in [0.29, 0.717) is 0 Å². The van der Waals surface area contributed by atoms with Crippen LogP contribution in [0.3, 0.4) is 0 Å². The monoisotopic (exact) mass is 209 g/mol. The lowest BCUT2D eigenvalue weighted by Gasteiger charge is -2.20. The number of hydrogen-bond donors (Lipinski definition) is 1. The molecule has 1 aromatic rings. The number of unbranched alkanes of at least 4 members (excludes halogenated alkanes) is 1. The molecule has 15 heavy (non-hydrogen) atoms. The van der Waals surface area contributed by atoms with Gasteiger partial charge in [0.1, 0.15) is 5.82 Å². The molecule has 0 unspecified atom stereocenters. The third-order valence-electron chi connectivity index (χ3n) is 2.40. The molecule has 0 radical (unpaired) electrons. The first-order valence-corrected chi connectivity index (χ1v) is 5.72. The number of nitrogens with one attached hydrogen (secondary N) is 1. The lowest BCUT2D eigenvalue weighted by Crippen LogP contribution is -2.36. The minimum absolute atomic E-state index is 0.241. The van der Waals surface area contributed by atoms with E-state index < -0.39 is 0 Å². The van der Waals surface area contributed by atoms with Gasteiger partial charge in [0.05, 0.1) is 0 Å². The van der Waals surface area contributed by atoms with Gasteiger partial charge in [-0.15, -0.1) is 0 Å². The molecule has 0 aliphatic carbocycles. The molecule has 0 spiro atoms. The van der Waals surface area contributed by atoms with Crippen LogP contribution in [0, 0.1) is 6.92 Å². The van der Waals surface area contributed by atoms with Gasteiger partial charge in [-0.25, -0.2) is 4.98 Å². The van der Waals surface area contributed by atoms with Crippen LogP contribution in [-0.4, -0.2) is 21.6 Å². The van der Waals surface area contributed by atoms with Gasteiger partial charge in [-0.3, -0.25) is 0 Å². The summed E-state index contributed by atoms with van der Waals surface area (Å²) >= 11 is 0. The van der Waals surface area contributed by atoms with E-state index in [9.17, 15) is 0 Å². The molecule has 86 valence electrons. The second-order valence-electron chi connectivity index (χ2n) is 5.05. The molecular weight excluding hydrogens is 186 g/mol. The van der Waals surface area contributed by atoms with E-state index >= 15 is 0 Å². The number of hydrogen-bond acceptors (Lipinski definition) is 2. The summed E-state index contributed by atoms with van der Waals surface area (Å²) in [4.78, 5) is 4.20. The summed E-state index contributed by atoms with van der Waals surface area (Å²) < 4.78 is 2.21. The molecule has 1 rings (SSSR count). The summed E-state index contributed by atoms with van der Waals surface area (Å²) in [6.07, 6.45) is 6.34. The molecule has 0 amide bonds. The average Bonchev–Trinajstić information content (AvgIpc) is 2.49. The van der Waals surface area contributed by atoms with E-state index in [1.807, 2.05) is 19.3 Å². The van der Waals surface area contributed by atoms with E-state index in [0.717, 1.165) is 18.9 Å². The average molecular weight is 209 g/mol. The summed E-state index contributed by atoms with van der Waals surface area (Å²) in [7, 11) is 0. The Balaban J connectivity index is 2.10. The maximum Gasteiger partial charge on any atom is 0.105 e. The maximum absolute atomic E-state index is 4.20. The zero-order chi connectivity index (χ0) is 11.3. The Hall–Kier alpha value is -0.830. The zero-order valence-corrected chi connectivity index (χ0v) is 10.4. The van der Waals surface area contributed by atoms with Crippen LogP contribution in [0.4, 0.5) is 0 Å². The third kappa shape index (κ3) is 4.98. The molecule has 0 fully saturated rings. The lowest BCUT2D eigenvalue weighted by atomic mass is 10.1. The number of nitrogens with zero attached hydrogens (tertiary/aromatic N) is 2. The van der Waals surface area contributed by atoms with Crippen molar-refractivity contribution in [3.8, 4) is 0 Å². The number of imidazole rings is 1. The summed E-state index contributed by atoms with van der Waals surface area (Å²) in [5.41, 5.74) is 0.241. The highest BCUT2D eigenvalue weighted by Crippen LogP contribution is 2.02. The Morgan fingerprint density at radius 1 is 1.33 bits per heavy atom. The molecule has 0 aromatic carbocycles. The normalized spacial score (nSPS) is 12.0. The lowest BCUT2D eigenvalue weighted by molar-refractivity contribution is 0.414. The molecule has 0 bridgehead atoms. The van der Waals surface area contributed by atoms with E-state index in [-0.39, 0.29) is 5.54 Å². The van der Waals surface area contributed by atoms with Crippen LogP contribution in [0.1, 0.15) is 39.4 Å². The van der Waals surface area contributed by atoms with E-state index in [2.05, 4.69) is 35.6 Å². The fourth-order valence-electron chi connectivity index (χ4n) is 1.51. The first-order valence-electron chi connectivity index (χ1n) is 5.72. The van der Waals surface area contributed by atoms with Gasteiger partial charge < -0.3 is 9.88 Å². The van der Waals surface area contributed by atoms with Crippen LogP contribution in [0.5, 0.6) is 0 Å². The van der Waals surface area contributed by atoms with Crippen molar-refractivity contribution in [3.63, 3.8) is 0 Å². The van der Waals surface area contributed by atoms with Crippen LogP contribution >= 0.6 is 0 Å². The molecule has 3 nitrogen and oxygen atoms in total. The molecule has 0 saturated heterocycles. The summed E-state index contributed by atoms with van der Waals surface area (Å²) in [6.45, 7) is 10.8. The highest BCUT2D eigenvalue weighted by atomic mass is 15.0. The number of aromatic nitrogens is 2. The Kier molecular flexibility index (Phi) is 4.33. The SMILES string of the molecule is Cc1nccn1CCCCNC(C)(C)C. The molecule has 3 heteroatoms. The number of aryl methyl sites for hydroxylation is 2. The first-order chi connectivity index (χ1) is 6.99. The van der Waals surface area contributed by atoms with Crippen molar-refractivity contribution in [3.05, 3.63) is 18.2 Å². The van der Waals surface area contributed by atoms with E-state index in [1.165, 1.54) is 12.8 Å². The maximum atomic E-state index is 4.20. The number of rotatable bonds is 5. The summed E-state index contributed by atoms with van der Waals surface area (Å²) in [5.74, 6) is 1.11. The van der Waals surface area contributed by atoms with Crippen LogP contribution in [0.15, 0.2) is 12.4 Å².